The Kier molecular flexibility index (Phi) is 7.78. The van der Waals surface area contributed by atoms with E-state index in [1.54, 1.807) is 7.11 Å². The van der Waals surface area contributed by atoms with Crippen molar-refractivity contribution in [1.29, 1.82) is 0 Å². The molecular formula is C23H38N4O2. The fourth-order valence-electron chi connectivity index (χ4n) is 4.25. The average molecular weight is 403 g/mol. The molecule has 6 heteroatoms. The summed E-state index contributed by atoms with van der Waals surface area (Å²) in [5.74, 6) is 2.54. The molecule has 0 aromatic heterocycles. The van der Waals surface area contributed by atoms with E-state index in [1.165, 1.54) is 18.4 Å². The van der Waals surface area contributed by atoms with E-state index in [9.17, 15) is 0 Å². The van der Waals surface area contributed by atoms with E-state index in [0.29, 0.717) is 5.92 Å². The van der Waals surface area contributed by atoms with E-state index < -0.39 is 0 Å². The van der Waals surface area contributed by atoms with E-state index in [2.05, 4.69) is 54.5 Å². The highest BCUT2D eigenvalue weighted by atomic mass is 16.5. The maximum Gasteiger partial charge on any atom is 0.191 e. The normalized spacial score (nSPS) is 22.6. The molecule has 6 nitrogen and oxygen atoms in total. The van der Waals surface area contributed by atoms with E-state index >= 15 is 0 Å². The molecule has 0 aliphatic carbocycles. The summed E-state index contributed by atoms with van der Waals surface area (Å²) in [4.78, 5) is 7.44. The molecular weight excluding hydrogens is 364 g/mol. The van der Waals surface area contributed by atoms with Crippen molar-refractivity contribution in [2.45, 2.75) is 51.7 Å². The van der Waals surface area contributed by atoms with Crippen molar-refractivity contribution in [3.05, 3.63) is 29.8 Å². The summed E-state index contributed by atoms with van der Waals surface area (Å²) in [5, 5.41) is 7.11. The molecule has 0 saturated carbocycles. The molecule has 1 unspecified atom stereocenters. The quantitative estimate of drug-likeness (QED) is 0.542. The Morgan fingerprint density at radius 3 is 2.76 bits per heavy atom. The molecule has 2 aliphatic heterocycles. The number of hydrogen-bond donors (Lipinski definition) is 2. The summed E-state index contributed by atoms with van der Waals surface area (Å²) in [6.07, 6.45) is 3.33. The molecule has 1 saturated heterocycles. The summed E-state index contributed by atoms with van der Waals surface area (Å²) < 4.78 is 11.4. The Morgan fingerprint density at radius 1 is 1.28 bits per heavy atom. The standard InChI is InChI=1S/C23H38N4O2/c1-5-24-22(25-17-18-10-12-27(13-11-18)14-15-28-4)26-20-16-23(2,3)29-21-9-7-6-8-19(20)21/h6-9,18,20H,5,10-17H2,1-4H3,(H2,24,25,26). The molecule has 0 radical (unpaired) electrons. The summed E-state index contributed by atoms with van der Waals surface area (Å²) in [5.41, 5.74) is 1.02. The minimum absolute atomic E-state index is 0.196. The Labute approximate surface area is 176 Å². The van der Waals surface area contributed by atoms with Crippen LogP contribution in [0.5, 0.6) is 5.75 Å². The first-order chi connectivity index (χ1) is 14.0. The van der Waals surface area contributed by atoms with Gasteiger partial charge in [-0.05, 0) is 58.7 Å². The average Bonchev–Trinajstić information content (AvgIpc) is 2.70. The van der Waals surface area contributed by atoms with Crippen LogP contribution in [0.25, 0.3) is 0 Å². The molecule has 2 aliphatic rings. The fraction of sp³-hybridized carbons (Fsp3) is 0.696. The number of methoxy groups -OCH3 is 1. The van der Waals surface area contributed by atoms with Gasteiger partial charge < -0.3 is 25.0 Å². The third-order valence-electron chi connectivity index (χ3n) is 5.86. The van der Waals surface area contributed by atoms with Gasteiger partial charge in [0.1, 0.15) is 11.4 Å². The lowest BCUT2D eigenvalue weighted by Gasteiger charge is -2.38. The lowest BCUT2D eigenvalue weighted by atomic mass is 9.90. The van der Waals surface area contributed by atoms with Gasteiger partial charge in [-0.3, -0.25) is 4.99 Å². The molecule has 3 rings (SSSR count). The van der Waals surface area contributed by atoms with Gasteiger partial charge in [-0.25, -0.2) is 0 Å². The third kappa shape index (κ3) is 6.34. The van der Waals surface area contributed by atoms with Crippen molar-refractivity contribution < 1.29 is 9.47 Å². The van der Waals surface area contributed by atoms with Crippen LogP contribution in [0.4, 0.5) is 0 Å². The molecule has 162 valence electrons. The highest BCUT2D eigenvalue weighted by Gasteiger charge is 2.34. The Morgan fingerprint density at radius 2 is 2.03 bits per heavy atom. The SMILES string of the molecule is CCNC(=NCC1CCN(CCOC)CC1)NC1CC(C)(C)Oc2ccccc21. The van der Waals surface area contributed by atoms with Crippen molar-refractivity contribution in [3.63, 3.8) is 0 Å². The van der Waals surface area contributed by atoms with Crippen LogP contribution in [-0.4, -0.2) is 62.9 Å². The molecule has 1 fully saturated rings. The first kappa shape index (κ1) is 21.9. The second-order valence-corrected chi connectivity index (χ2v) is 8.80. The number of aliphatic imine (C=N–C) groups is 1. The lowest BCUT2D eigenvalue weighted by Crippen LogP contribution is -2.45. The number of hydrogen-bond acceptors (Lipinski definition) is 4. The van der Waals surface area contributed by atoms with E-state index in [1.807, 2.05) is 6.07 Å². The maximum absolute atomic E-state index is 6.17. The Hall–Kier alpha value is -1.79. The van der Waals surface area contributed by atoms with E-state index in [-0.39, 0.29) is 11.6 Å². The van der Waals surface area contributed by atoms with Crippen LogP contribution in [0.1, 0.15) is 51.6 Å². The topological polar surface area (TPSA) is 58.1 Å². The molecule has 1 aromatic rings. The number of para-hydroxylation sites is 1. The van der Waals surface area contributed by atoms with Gasteiger partial charge in [0.2, 0.25) is 0 Å². The van der Waals surface area contributed by atoms with Gasteiger partial charge in [0.15, 0.2) is 5.96 Å². The second-order valence-electron chi connectivity index (χ2n) is 8.80. The number of ether oxygens (including phenoxy) is 2. The van der Waals surface area contributed by atoms with Crippen LogP contribution in [0, 0.1) is 5.92 Å². The number of piperidine rings is 1. The number of nitrogens with zero attached hydrogens (tertiary/aromatic N) is 2. The van der Waals surface area contributed by atoms with Crippen LogP contribution >= 0.6 is 0 Å². The molecule has 0 spiro atoms. The van der Waals surface area contributed by atoms with Gasteiger partial charge in [-0.1, -0.05) is 18.2 Å². The fourth-order valence-corrected chi connectivity index (χ4v) is 4.25. The molecule has 0 amide bonds. The third-order valence-corrected chi connectivity index (χ3v) is 5.86. The zero-order valence-electron chi connectivity index (χ0n) is 18.5. The van der Waals surface area contributed by atoms with Crippen molar-refractivity contribution >= 4 is 5.96 Å². The van der Waals surface area contributed by atoms with Crippen molar-refractivity contribution in [2.75, 3.05) is 46.4 Å². The summed E-state index contributed by atoms with van der Waals surface area (Å²) in [6, 6.07) is 8.53. The molecule has 0 bridgehead atoms. The number of fused-ring (bicyclic) bond motifs is 1. The van der Waals surface area contributed by atoms with Crippen molar-refractivity contribution in [1.82, 2.24) is 15.5 Å². The van der Waals surface area contributed by atoms with Crippen molar-refractivity contribution in [3.8, 4) is 5.75 Å². The molecule has 1 atom stereocenters. The monoisotopic (exact) mass is 402 g/mol. The first-order valence-electron chi connectivity index (χ1n) is 11.0. The highest BCUT2D eigenvalue weighted by molar-refractivity contribution is 5.80. The van der Waals surface area contributed by atoms with Crippen LogP contribution < -0.4 is 15.4 Å². The zero-order valence-corrected chi connectivity index (χ0v) is 18.5. The molecule has 1 aromatic carbocycles. The predicted molar refractivity (Wildman–Crippen MR) is 119 cm³/mol. The highest BCUT2D eigenvalue weighted by Crippen LogP contribution is 2.39. The summed E-state index contributed by atoms with van der Waals surface area (Å²) in [7, 11) is 1.77. The number of benzene rings is 1. The van der Waals surface area contributed by atoms with Gasteiger partial charge in [0.25, 0.3) is 0 Å². The van der Waals surface area contributed by atoms with Crippen LogP contribution in [-0.2, 0) is 4.74 Å². The summed E-state index contributed by atoms with van der Waals surface area (Å²) in [6.45, 7) is 12.3. The number of nitrogens with one attached hydrogen (secondary N) is 2. The van der Waals surface area contributed by atoms with E-state index in [4.69, 9.17) is 14.5 Å². The Balaban J connectivity index is 1.60. The lowest BCUT2D eigenvalue weighted by molar-refractivity contribution is 0.0694. The Bertz CT molecular complexity index is 669. The van der Waals surface area contributed by atoms with E-state index in [0.717, 1.165) is 57.5 Å². The molecule has 2 N–H and O–H groups in total. The second kappa shape index (κ2) is 10.3. The zero-order chi connectivity index (χ0) is 20.7. The smallest absolute Gasteiger partial charge is 0.191 e. The molecule has 2 heterocycles. The van der Waals surface area contributed by atoms with Gasteiger partial charge in [0, 0.05) is 38.7 Å². The van der Waals surface area contributed by atoms with Gasteiger partial charge in [0.05, 0.1) is 12.6 Å². The van der Waals surface area contributed by atoms with Crippen LogP contribution in [0.3, 0.4) is 0 Å². The van der Waals surface area contributed by atoms with Gasteiger partial charge in [-0.2, -0.15) is 0 Å². The number of likely N-dealkylation sites (tertiary alicyclic amines) is 1. The van der Waals surface area contributed by atoms with Crippen molar-refractivity contribution in [2.24, 2.45) is 10.9 Å². The largest absolute Gasteiger partial charge is 0.487 e. The minimum Gasteiger partial charge on any atom is -0.487 e. The van der Waals surface area contributed by atoms with Gasteiger partial charge >= 0.3 is 0 Å². The van der Waals surface area contributed by atoms with Crippen LogP contribution in [0.15, 0.2) is 29.3 Å². The van der Waals surface area contributed by atoms with Crippen LogP contribution in [0.2, 0.25) is 0 Å². The first-order valence-corrected chi connectivity index (χ1v) is 11.0. The summed E-state index contributed by atoms with van der Waals surface area (Å²) >= 11 is 0. The van der Waals surface area contributed by atoms with Gasteiger partial charge in [-0.15, -0.1) is 0 Å². The molecule has 29 heavy (non-hydrogen) atoms. The number of rotatable bonds is 7. The number of guanidine groups is 1. The predicted octanol–water partition coefficient (Wildman–Crippen LogP) is 3.20. The maximum atomic E-state index is 6.17. The minimum atomic E-state index is -0.196.